The second-order valence-corrected chi connectivity index (χ2v) is 9.73. The van der Waals surface area contributed by atoms with Gasteiger partial charge in [0.05, 0.1) is 0 Å². The summed E-state index contributed by atoms with van der Waals surface area (Å²) >= 11 is 15.0. The van der Waals surface area contributed by atoms with Crippen LogP contribution in [0.25, 0.3) is 31.1 Å². The molecule has 12 heteroatoms. The molecular weight excluding hydrogens is 487 g/mol. The lowest BCUT2D eigenvalue weighted by Gasteiger charge is -1.97. The summed E-state index contributed by atoms with van der Waals surface area (Å²) in [5.74, 6) is 1.53. The molecule has 6 aromatic rings. The molecule has 4 aromatic heterocycles. The molecule has 2 aromatic carbocycles. The molecule has 0 aliphatic heterocycles. The quantitative estimate of drug-likeness (QED) is 0.328. The number of benzene rings is 2. The number of hydrogen-bond acceptors (Lipinski definition) is 8. The Kier molecular flexibility index (Phi) is 4.87. The predicted molar refractivity (Wildman–Crippen MR) is 126 cm³/mol. The van der Waals surface area contributed by atoms with Crippen molar-refractivity contribution in [1.29, 1.82) is 0 Å². The zero-order valence-electron chi connectivity index (χ0n) is 16.2. The fraction of sp³-hybridized carbons (Fsp3) is 0.100. The Morgan fingerprint density at radius 2 is 1.00 bits per heavy atom. The Morgan fingerprint density at radius 3 is 1.41 bits per heavy atom. The second kappa shape index (κ2) is 7.89. The van der Waals surface area contributed by atoms with E-state index < -0.39 is 0 Å². The summed E-state index contributed by atoms with van der Waals surface area (Å²) in [5, 5.41) is 29.6. The smallest absolute Gasteiger partial charge is 0.187 e. The standard InChI is InChI=1S/C20H12Cl2N8S2/c21-13-5-1-11(2-6-13)17-27-29-15(23-25-19(29)31-17)9-10-16-24-26-20-30(16)28-18(32-20)12-3-7-14(22)8-4-12/h1-8H,9-10H2. The highest BCUT2D eigenvalue weighted by molar-refractivity contribution is 7.20. The molecule has 32 heavy (non-hydrogen) atoms. The molecule has 6 rings (SSSR count). The van der Waals surface area contributed by atoms with E-state index in [0.29, 0.717) is 22.9 Å². The summed E-state index contributed by atoms with van der Waals surface area (Å²) in [6, 6.07) is 15.2. The third kappa shape index (κ3) is 3.55. The number of rotatable bonds is 5. The van der Waals surface area contributed by atoms with Gasteiger partial charge in [-0.3, -0.25) is 0 Å². The van der Waals surface area contributed by atoms with E-state index in [4.69, 9.17) is 23.2 Å². The van der Waals surface area contributed by atoms with E-state index in [-0.39, 0.29) is 0 Å². The summed E-state index contributed by atoms with van der Waals surface area (Å²) in [6.07, 6.45) is 1.22. The van der Waals surface area contributed by atoms with Crippen molar-refractivity contribution in [1.82, 2.24) is 39.6 Å². The molecule has 0 spiro atoms. The van der Waals surface area contributed by atoms with Gasteiger partial charge in [0.2, 0.25) is 9.92 Å². The first-order valence-corrected chi connectivity index (χ1v) is 12.0. The van der Waals surface area contributed by atoms with Crippen LogP contribution in [0.15, 0.2) is 48.5 Å². The molecular formula is C20H12Cl2N8S2. The van der Waals surface area contributed by atoms with Crippen molar-refractivity contribution in [2.24, 2.45) is 0 Å². The fourth-order valence-corrected chi connectivity index (χ4v) is 5.25. The Hall–Kier alpha value is -2.92. The van der Waals surface area contributed by atoms with Gasteiger partial charge in [-0.05, 0) is 24.3 Å². The zero-order chi connectivity index (χ0) is 21.7. The summed E-state index contributed by atoms with van der Waals surface area (Å²) in [4.78, 5) is 1.49. The maximum atomic E-state index is 5.99. The number of halogens is 2. The van der Waals surface area contributed by atoms with Gasteiger partial charge in [0.25, 0.3) is 0 Å². The van der Waals surface area contributed by atoms with E-state index in [1.54, 1.807) is 9.03 Å². The Labute approximate surface area is 199 Å². The molecule has 0 aliphatic carbocycles. The van der Waals surface area contributed by atoms with Crippen molar-refractivity contribution >= 4 is 55.8 Å². The average Bonchev–Trinajstić information content (AvgIpc) is 3.55. The zero-order valence-corrected chi connectivity index (χ0v) is 19.3. The third-order valence-corrected chi connectivity index (χ3v) is 7.27. The highest BCUT2D eigenvalue weighted by Gasteiger charge is 2.16. The molecule has 0 atom stereocenters. The van der Waals surface area contributed by atoms with Crippen molar-refractivity contribution in [3.63, 3.8) is 0 Å². The number of aromatic nitrogens is 8. The molecule has 0 amide bonds. The van der Waals surface area contributed by atoms with Gasteiger partial charge in [-0.25, -0.2) is 0 Å². The summed E-state index contributed by atoms with van der Waals surface area (Å²) in [5.41, 5.74) is 1.99. The van der Waals surface area contributed by atoms with Gasteiger partial charge in [0.1, 0.15) is 10.0 Å². The SMILES string of the molecule is Clc1ccc(-c2nn3c(CCc4nnc5sc(-c6ccc(Cl)cc6)nn45)nnc3s2)cc1. The second-order valence-electron chi connectivity index (χ2n) is 6.95. The number of fused-ring (bicyclic) bond motifs is 2. The van der Waals surface area contributed by atoms with Crippen molar-refractivity contribution < 1.29 is 0 Å². The van der Waals surface area contributed by atoms with Gasteiger partial charge in [-0.15, -0.1) is 20.4 Å². The van der Waals surface area contributed by atoms with E-state index in [0.717, 1.165) is 42.7 Å². The van der Waals surface area contributed by atoms with Gasteiger partial charge in [0.15, 0.2) is 11.6 Å². The van der Waals surface area contributed by atoms with Gasteiger partial charge >= 0.3 is 0 Å². The summed E-state index contributed by atoms with van der Waals surface area (Å²) in [6.45, 7) is 0. The molecule has 0 bridgehead atoms. The van der Waals surface area contributed by atoms with E-state index in [9.17, 15) is 0 Å². The van der Waals surface area contributed by atoms with E-state index in [2.05, 4.69) is 30.6 Å². The molecule has 0 fully saturated rings. The lowest BCUT2D eigenvalue weighted by Crippen LogP contribution is -2.03. The first kappa shape index (κ1) is 19.7. The van der Waals surface area contributed by atoms with Crippen molar-refractivity contribution in [2.45, 2.75) is 12.8 Å². The van der Waals surface area contributed by atoms with Crippen LogP contribution in [0.3, 0.4) is 0 Å². The van der Waals surface area contributed by atoms with Gasteiger partial charge < -0.3 is 0 Å². The van der Waals surface area contributed by atoms with Crippen LogP contribution in [0.2, 0.25) is 10.0 Å². The molecule has 4 heterocycles. The lowest BCUT2D eigenvalue weighted by molar-refractivity contribution is 0.738. The molecule has 0 saturated heterocycles. The fourth-order valence-electron chi connectivity index (χ4n) is 3.27. The van der Waals surface area contributed by atoms with Crippen molar-refractivity contribution in [3.8, 4) is 21.1 Å². The van der Waals surface area contributed by atoms with Crippen LogP contribution in [0.5, 0.6) is 0 Å². The number of hydrogen-bond donors (Lipinski definition) is 0. The summed E-state index contributed by atoms with van der Waals surface area (Å²) < 4.78 is 3.57. The Morgan fingerprint density at radius 1 is 0.594 bits per heavy atom. The Bertz CT molecular complexity index is 1430. The van der Waals surface area contributed by atoms with E-state index >= 15 is 0 Å². The maximum Gasteiger partial charge on any atom is 0.234 e. The van der Waals surface area contributed by atoms with Gasteiger partial charge in [-0.1, -0.05) is 70.1 Å². The van der Waals surface area contributed by atoms with Crippen LogP contribution >= 0.6 is 45.9 Å². The van der Waals surface area contributed by atoms with Crippen LogP contribution in [-0.4, -0.2) is 39.6 Å². The minimum Gasteiger partial charge on any atom is -0.187 e. The van der Waals surface area contributed by atoms with Crippen LogP contribution in [0, 0.1) is 0 Å². The largest absolute Gasteiger partial charge is 0.234 e. The molecule has 0 saturated carbocycles. The molecule has 0 radical (unpaired) electrons. The van der Waals surface area contributed by atoms with Gasteiger partial charge in [0, 0.05) is 34.0 Å². The van der Waals surface area contributed by atoms with Crippen LogP contribution in [0.1, 0.15) is 11.6 Å². The first-order valence-electron chi connectivity index (χ1n) is 9.58. The predicted octanol–water partition coefficient (Wildman–Crippen LogP) is 5.11. The monoisotopic (exact) mass is 498 g/mol. The average molecular weight is 499 g/mol. The summed E-state index contributed by atoms with van der Waals surface area (Å²) in [7, 11) is 0. The lowest BCUT2D eigenvalue weighted by atomic mass is 10.2. The number of nitrogens with zero attached hydrogens (tertiary/aromatic N) is 8. The van der Waals surface area contributed by atoms with Gasteiger partial charge in [-0.2, -0.15) is 19.2 Å². The molecule has 0 unspecified atom stereocenters. The van der Waals surface area contributed by atoms with Crippen molar-refractivity contribution in [2.75, 3.05) is 0 Å². The van der Waals surface area contributed by atoms with Crippen LogP contribution in [0.4, 0.5) is 0 Å². The normalized spacial score (nSPS) is 11.7. The molecule has 8 nitrogen and oxygen atoms in total. The van der Waals surface area contributed by atoms with E-state index in [1.807, 2.05) is 48.5 Å². The maximum absolute atomic E-state index is 5.99. The van der Waals surface area contributed by atoms with Crippen LogP contribution < -0.4 is 0 Å². The first-order chi connectivity index (χ1) is 15.6. The minimum absolute atomic E-state index is 0.611. The Balaban J connectivity index is 1.25. The molecule has 158 valence electrons. The van der Waals surface area contributed by atoms with Crippen molar-refractivity contribution in [3.05, 3.63) is 70.2 Å². The third-order valence-electron chi connectivity index (χ3n) is 4.87. The van der Waals surface area contributed by atoms with Crippen LogP contribution in [-0.2, 0) is 12.8 Å². The highest BCUT2D eigenvalue weighted by Crippen LogP contribution is 2.28. The topological polar surface area (TPSA) is 86.2 Å². The minimum atomic E-state index is 0.611. The molecule has 0 N–H and O–H groups in total. The number of aryl methyl sites for hydroxylation is 2. The highest BCUT2D eigenvalue weighted by atomic mass is 35.5. The van der Waals surface area contributed by atoms with E-state index in [1.165, 1.54) is 22.7 Å². The molecule has 0 aliphatic rings.